The molecule has 0 saturated heterocycles. The van der Waals surface area contributed by atoms with Gasteiger partial charge in [-0.05, 0) is 23.3 Å². The molecule has 1 aromatic carbocycles. The summed E-state index contributed by atoms with van der Waals surface area (Å²) in [6.45, 7) is 1.10. The van der Waals surface area contributed by atoms with Crippen molar-refractivity contribution in [1.82, 2.24) is 9.88 Å². The normalized spacial score (nSPS) is 19.3. The summed E-state index contributed by atoms with van der Waals surface area (Å²) in [5.74, 6) is -0.555. The predicted molar refractivity (Wildman–Crippen MR) is 90.8 cm³/mol. The van der Waals surface area contributed by atoms with Gasteiger partial charge in [0.1, 0.15) is 0 Å². The molecular formula is C18H16ClN3O2. The topological polar surface area (TPSA) is 62.3 Å². The fourth-order valence-corrected chi connectivity index (χ4v) is 3.62. The van der Waals surface area contributed by atoms with Crippen molar-refractivity contribution in [3.8, 4) is 0 Å². The monoisotopic (exact) mass is 341 g/mol. The summed E-state index contributed by atoms with van der Waals surface area (Å²) < 4.78 is 0. The number of rotatable bonds is 1. The minimum atomic E-state index is -0.427. The highest BCUT2D eigenvalue weighted by molar-refractivity contribution is 6.30. The minimum absolute atomic E-state index is 0.0112. The van der Waals surface area contributed by atoms with Crippen molar-refractivity contribution in [2.45, 2.75) is 25.3 Å². The number of aromatic nitrogens is 1. The van der Waals surface area contributed by atoms with Crippen LogP contribution >= 0.6 is 11.6 Å². The average Bonchev–Trinajstić information content (AvgIpc) is 2.59. The van der Waals surface area contributed by atoms with E-state index in [-0.39, 0.29) is 18.2 Å². The van der Waals surface area contributed by atoms with Crippen molar-refractivity contribution < 1.29 is 9.59 Å². The van der Waals surface area contributed by atoms with E-state index in [2.05, 4.69) is 10.3 Å². The second-order valence-electron chi connectivity index (χ2n) is 6.16. The molecule has 0 spiro atoms. The first-order valence-corrected chi connectivity index (χ1v) is 8.30. The Labute approximate surface area is 144 Å². The summed E-state index contributed by atoms with van der Waals surface area (Å²) in [5, 5.41) is 3.41. The highest BCUT2D eigenvalue weighted by Crippen LogP contribution is 2.34. The zero-order valence-electron chi connectivity index (χ0n) is 13.0. The number of carbonyl (C=O) groups excluding carboxylic acids is 2. The third kappa shape index (κ3) is 2.65. The van der Waals surface area contributed by atoms with Crippen LogP contribution < -0.4 is 5.32 Å². The van der Waals surface area contributed by atoms with Gasteiger partial charge in [0.2, 0.25) is 11.8 Å². The number of fused-ring (bicyclic) bond motifs is 2. The van der Waals surface area contributed by atoms with Gasteiger partial charge in [0.15, 0.2) is 0 Å². The van der Waals surface area contributed by atoms with Gasteiger partial charge in [-0.3, -0.25) is 14.6 Å². The van der Waals surface area contributed by atoms with Crippen molar-refractivity contribution in [3.63, 3.8) is 0 Å². The number of pyridine rings is 1. The number of anilines is 1. The van der Waals surface area contributed by atoms with Crippen molar-refractivity contribution >= 4 is 29.1 Å². The minimum Gasteiger partial charge on any atom is -0.337 e. The Balaban J connectivity index is 1.62. The quantitative estimate of drug-likeness (QED) is 0.867. The van der Waals surface area contributed by atoms with E-state index < -0.39 is 5.92 Å². The van der Waals surface area contributed by atoms with Crippen LogP contribution in [0.15, 0.2) is 36.5 Å². The fraction of sp³-hybridized carbons (Fsp3) is 0.278. The Morgan fingerprint density at radius 3 is 3.04 bits per heavy atom. The zero-order valence-corrected chi connectivity index (χ0v) is 13.7. The maximum absolute atomic E-state index is 13.0. The molecule has 6 heteroatoms. The fourth-order valence-electron chi connectivity index (χ4n) is 3.44. The zero-order chi connectivity index (χ0) is 16.7. The molecule has 2 aromatic rings. The molecule has 2 amide bonds. The van der Waals surface area contributed by atoms with Gasteiger partial charge in [-0.2, -0.15) is 0 Å². The van der Waals surface area contributed by atoms with Gasteiger partial charge < -0.3 is 10.2 Å². The largest absolute Gasteiger partial charge is 0.337 e. The lowest BCUT2D eigenvalue weighted by atomic mass is 9.88. The lowest BCUT2D eigenvalue weighted by molar-refractivity contribution is -0.135. The molecular weight excluding hydrogens is 326 g/mol. The molecule has 2 aliphatic rings. The molecule has 0 radical (unpaired) electrons. The standard InChI is InChI=1S/C18H16ClN3O2/c19-12-7-11-10-22(6-5-15(11)20-9-12)18(24)14-8-17(23)21-16-4-2-1-3-13(14)16/h1-4,7,9,14H,5-6,8,10H2,(H,21,23)/t14-/m1/s1. The maximum Gasteiger partial charge on any atom is 0.231 e. The second kappa shape index (κ2) is 5.91. The van der Waals surface area contributed by atoms with Crippen LogP contribution in [-0.4, -0.2) is 28.2 Å². The van der Waals surface area contributed by atoms with Crippen LogP contribution in [0.4, 0.5) is 5.69 Å². The second-order valence-corrected chi connectivity index (χ2v) is 6.60. The summed E-state index contributed by atoms with van der Waals surface area (Å²) in [7, 11) is 0. The smallest absolute Gasteiger partial charge is 0.231 e. The van der Waals surface area contributed by atoms with E-state index in [0.717, 1.165) is 22.5 Å². The Kier molecular flexibility index (Phi) is 3.73. The molecule has 1 atom stereocenters. The number of para-hydroxylation sites is 1. The van der Waals surface area contributed by atoms with Crippen LogP contribution in [0.25, 0.3) is 0 Å². The van der Waals surface area contributed by atoms with Crippen molar-refractivity contribution in [2.24, 2.45) is 0 Å². The first-order valence-electron chi connectivity index (χ1n) is 7.92. The van der Waals surface area contributed by atoms with E-state index >= 15 is 0 Å². The third-order valence-corrected chi connectivity index (χ3v) is 4.82. The van der Waals surface area contributed by atoms with Crippen LogP contribution in [0.3, 0.4) is 0 Å². The van der Waals surface area contributed by atoms with E-state index in [9.17, 15) is 9.59 Å². The molecule has 0 fully saturated rings. The van der Waals surface area contributed by atoms with Gasteiger partial charge in [0.05, 0.1) is 10.9 Å². The molecule has 0 bridgehead atoms. The summed E-state index contributed by atoms with van der Waals surface area (Å²) in [5.41, 5.74) is 3.59. The highest BCUT2D eigenvalue weighted by atomic mass is 35.5. The Bertz CT molecular complexity index is 837. The lowest BCUT2D eigenvalue weighted by Gasteiger charge is -2.33. The molecule has 4 rings (SSSR count). The van der Waals surface area contributed by atoms with Crippen LogP contribution in [0, 0.1) is 0 Å². The van der Waals surface area contributed by atoms with Crippen LogP contribution in [0.1, 0.15) is 29.2 Å². The number of carbonyl (C=O) groups is 2. The number of nitrogens with zero attached hydrogens (tertiary/aromatic N) is 2. The number of halogens is 1. The summed E-state index contributed by atoms with van der Waals surface area (Å²) in [4.78, 5) is 31.2. The van der Waals surface area contributed by atoms with Crippen molar-refractivity contribution in [2.75, 3.05) is 11.9 Å². The molecule has 1 N–H and O–H groups in total. The highest BCUT2D eigenvalue weighted by Gasteiger charge is 2.34. The number of amides is 2. The van der Waals surface area contributed by atoms with E-state index in [1.165, 1.54) is 0 Å². The summed E-state index contributed by atoms with van der Waals surface area (Å²) in [6, 6.07) is 9.36. The van der Waals surface area contributed by atoms with E-state index in [0.29, 0.717) is 24.5 Å². The Morgan fingerprint density at radius 2 is 2.17 bits per heavy atom. The maximum atomic E-state index is 13.0. The molecule has 2 aliphatic heterocycles. The first-order chi connectivity index (χ1) is 11.6. The number of hydrogen-bond donors (Lipinski definition) is 1. The molecule has 3 heterocycles. The molecule has 1 aromatic heterocycles. The van der Waals surface area contributed by atoms with Gasteiger partial charge in [-0.15, -0.1) is 0 Å². The van der Waals surface area contributed by atoms with Crippen LogP contribution in [-0.2, 0) is 22.6 Å². The number of benzene rings is 1. The van der Waals surface area contributed by atoms with Gasteiger partial charge in [0, 0.05) is 43.5 Å². The molecule has 122 valence electrons. The van der Waals surface area contributed by atoms with Crippen LogP contribution in [0.5, 0.6) is 0 Å². The summed E-state index contributed by atoms with van der Waals surface area (Å²) >= 11 is 6.02. The number of hydrogen-bond acceptors (Lipinski definition) is 3. The molecule has 0 unspecified atom stereocenters. The van der Waals surface area contributed by atoms with E-state index in [1.54, 1.807) is 11.1 Å². The average molecular weight is 342 g/mol. The SMILES string of the molecule is O=C1C[C@@H](C(=O)N2CCc3ncc(Cl)cc3C2)c2ccccc2N1. The van der Waals surface area contributed by atoms with Gasteiger partial charge in [-0.25, -0.2) is 0 Å². The Morgan fingerprint density at radius 1 is 1.33 bits per heavy atom. The van der Waals surface area contributed by atoms with Crippen LogP contribution in [0.2, 0.25) is 5.02 Å². The predicted octanol–water partition coefficient (Wildman–Crippen LogP) is 2.75. The van der Waals surface area contributed by atoms with Gasteiger partial charge >= 0.3 is 0 Å². The Hall–Kier alpha value is -2.40. The molecule has 24 heavy (non-hydrogen) atoms. The van der Waals surface area contributed by atoms with Gasteiger partial charge in [0.25, 0.3) is 0 Å². The molecule has 5 nitrogen and oxygen atoms in total. The molecule has 0 saturated carbocycles. The summed E-state index contributed by atoms with van der Waals surface area (Å²) in [6.07, 6.45) is 2.53. The van der Waals surface area contributed by atoms with Gasteiger partial charge in [-0.1, -0.05) is 29.8 Å². The number of nitrogens with one attached hydrogen (secondary N) is 1. The molecule has 0 aliphatic carbocycles. The van der Waals surface area contributed by atoms with Crippen molar-refractivity contribution in [3.05, 3.63) is 58.4 Å². The van der Waals surface area contributed by atoms with Crippen molar-refractivity contribution in [1.29, 1.82) is 0 Å². The first kappa shape index (κ1) is 15.1. The third-order valence-electron chi connectivity index (χ3n) is 4.62. The lowest BCUT2D eigenvalue weighted by Crippen LogP contribution is -2.41. The van der Waals surface area contributed by atoms with E-state index in [4.69, 9.17) is 11.6 Å². The van der Waals surface area contributed by atoms with E-state index in [1.807, 2.05) is 30.3 Å².